The third kappa shape index (κ3) is 5.41. The third-order valence-corrected chi connectivity index (χ3v) is 4.25. The summed E-state index contributed by atoms with van der Waals surface area (Å²) in [6.07, 6.45) is 3.17. The lowest BCUT2D eigenvalue weighted by atomic mass is 10.2. The molecule has 152 valence electrons. The molecule has 0 aliphatic heterocycles. The van der Waals surface area contributed by atoms with Crippen LogP contribution in [0.2, 0.25) is 0 Å². The van der Waals surface area contributed by atoms with Crippen LogP contribution in [-0.4, -0.2) is 24.8 Å². The molecule has 0 aliphatic carbocycles. The number of nitrogens with one attached hydrogen (secondary N) is 2. The van der Waals surface area contributed by atoms with E-state index in [1.54, 1.807) is 78.5 Å². The van der Waals surface area contributed by atoms with Gasteiger partial charge in [-0.3, -0.25) is 14.4 Å². The second kappa shape index (κ2) is 9.33. The van der Waals surface area contributed by atoms with Crippen molar-refractivity contribution in [3.63, 3.8) is 0 Å². The fourth-order valence-corrected chi connectivity index (χ4v) is 2.71. The molecule has 0 unspecified atom stereocenters. The fraction of sp³-hybridized carbons (Fsp3) is 0.0909. The molecular formula is C22H21N4O4+. The van der Waals surface area contributed by atoms with Crippen molar-refractivity contribution in [1.82, 2.24) is 0 Å². The van der Waals surface area contributed by atoms with E-state index in [4.69, 9.17) is 10.5 Å². The monoisotopic (exact) mass is 405 g/mol. The van der Waals surface area contributed by atoms with Crippen molar-refractivity contribution < 1.29 is 23.7 Å². The molecule has 0 radical (unpaired) electrons. The average molecular weight is 405 g/mol. The second-order valence-corrected chi connectivity index (χ2v) is 6.44. The molecule has 3 amide bonds. The molecule has 0 aliphatic rings. The first-order valence-corrected chi connectivity index (χ1v) is 9.09. The number of hydrogen-bond acceptors (Lipinski definition) is 4. The number of pyridine rings is 1. The summed E-state index contributed by atoms with van der Waals surface area (Å²) in [6, 6.07) is 16.8. The molecule has 0 fully saturated rings. The number of primary amides is 1. The summed E-state index contributed by atoms with van der Waals surface area (Å²) < 4.78 is 6.65. The van der Waals surface area contributed by atoms with E-state index < -0.39 is 5.91 Å². The Morgan fingerprint density at radius 2 is 1.53 bits per heavy atom. The number of amides is 3. The van der Waals surface area contributed by atoms with E-state index in [0.717, 1.165) is 0 Å². The zero-order chi connectivity index (χ0) is 21.5. The first-order chi connectivity index (χ1) is 14.4. The van der Waals surface area contributed by atoms with Crippen molar-refractivity contribution in [3.8, 4) is 5.75 Å². The number of rotatable bonds is 7. The van der Waals surface area contributed by atoms with Crippen molar-refractivity contribution in [3.05, 3.63) is 84.2 Å². The van der Waals surface area contributed by atoms with Gasteiger partial charge in [0.15, 0.2) is 12.4 Å². The highest BCUT2D eigenvalue weighted by molar-refractivity contribution is 6.04. The Balaban J connectivity index is 1.58. The highest BCUT2D eigenvalue weighted by atomic mass is 16.5. The zero-order valence-corrected chi connectivity index (χ0v) is 16.3. The Labute approximate surface area is 173 Å². The van der Waals surface area contributed by atoms with Gasteiger partial charge < -0.3 is 21.1 Å². The van der Waals surface area contributed by atoms with Crippen molar-refractivity contribution in [2.45, 2.75) is 6.54 Å². The van der Waals surface area contributed by atoms with Gasteiger partial charge in [-0.1, -0.05) is 0 Å². The summed E-state index contributed by atoms with van der Waals surface area (Å²) in [5.41, 5.74) is 7.21. The maximum atomic E-state index is 12.4. The van der Waals surface area contributed by atoms with Gasteiger partial charge in [-0.15, -0.1) is 0 Å². The number of ether oxygens (including phenoxy) is 1. The van der Waals surface area contributed by atoms with Crippen molar-refractivity contribution in [2.24, 2.45) is 5.73 Å². The van der Waals surface area contributed by atoms with Crippen LogP contribution >= 0.6 is 0 Å². The molecule has 30 heavy (non-hydrogen) atoms. The summed E-state index contributed by atoms with van der Waals surface area (Å²) in [6.45, 7) is 0.0147. The molecule has 0 atom stereocenters. The Hall–Kier alpha value is -4.20. The number of methoxy groups -OCH3 is 1. The molecule has 4 N–H and O–H groups in total. The van der Waals surface area contributed by atoms with Crippen molar-refractivity contribution in [1.29, 1.82) is 0 Å². The summed E-state index contributed by atoms with van der Waals surface area (Å²) in [5, 5.41) is 5.54. The van der Waals surface area contributed by atoms with E-state index >= 15 is 0 Å². The van der Waals surface area contributed by atoms with Crippen LogP contribution in [0.1, 0.15) is 20.7 Å². The molecule has 8 heteroatoms. The van der Waals surface area contributed by atoms with Crippen LogP contribution in [0, 0.1) is 0 Å². The number of carbonyl (C=O) groups is 3. The summed E-state index contributed by atoms with van der Waals surface area (Å²) in [7, 11) is 1.57. The number of carbonyl (C=O) groups excluding carboxylic acids is 3. The van der Waals surface area contributed by atoms with Gasteiger partial charge in [-0.25, -0.2) is 0 Å². The third-order valence-electron chi connectivity index (χ3n) is 4.25. The van der Waals surface area contributed by atoms with Gasteiger partial charge in [0.1, 0.15) is 11.3 Å². The van der Waals surface area contributed by atoms with E-state index in [9.17, 15) is 14.4 Å². The minimum absolute atomic E-state index is 0.0147. The van der Waals surface area contributed by atoms with Gasteiger partial charge in [-0.2, -0.15) is 4.57 Å². The number of nitrogens with two attached hydrogens (primary N) is 1. The zero-order valence-electron chi connectivity index (χ0n) is 16.3. The van der Waals surface area contributed by atoms with Gasteiger partial charge in [-0.05, 0) is 54.6 Å². The number of benzene rings is 2. The minimum Gasteiger partial charge on any atom is -0.497 e. The van der Waals surface area contributed by atoms with Crippen LogP contribution in [0.15, 0.2) is 73.1 Å². The Morgan fingerprint density at radius 1 is 0.900 bits per heavy atom. The number of anilines is 2. The van der Waals surface area contributed by atoms with E-state index in [2.05, 4.69) is 10.6 Å². The Morgan fingerprint density at radius 3 is 2.17 bits per heavy atom. The smallest absolute Gasteiger partial charge is 0.290 e. The maximum Gasteiger partial charge on any atom is 0.290 e. The topological polar surface area (TPSA) is 114 Å². The maximum absolute atomic E-state index is 12.4. The van der Waals surface area contributed by atoms with Gasteiger partial charge in [0.05, 0.1) is 7.11 Å². The minimum atomic E-state index is -0.562. The average Bonchev–Trinajstić information content (AvgIpc) is 2.75. The predicted molar refractivity (Wildman–Crippen MR) is 111 cm³/mol. The highest BCUT2D eigenvalue weighted by Gasteiger charge is 2.13. The van der Waals surface area contributed by atoms with Crippen LogP contribution in [0.3, 0.4) is 0 Å². The van der Waals surface area contributed by atoms with Crippen LogP contribution in [0.25, 0.3) is 0 Å². The largest absolute Gasteiger partial charge is 0.497 e. The first kappa shape index (κ1) is 20.5. The number of nitrogens with zero attached hydrogens (tertiary/aromatic N) is 1. The molecular weight excluding hydrogens is 384 g/mol. The molecule has 2 aromatic carbocycles. The number of hydrogen-bond donors (Lipinski definition) is 3. The molecule has 8 nitrogen and oxygen atoms in total. The molecule has 0 saturated carbocycles. The van der Waals surface area contributed by atoms with Crippen molar-refractivity contribution in [2.75, 3.05) is 17.7 Å². The first-order valence-electron chi connectivity index (χ1n) is 9.09. The van der Waals surface area contributed by atoms with Crippen LogP contribution in [-0.2, 0) is 11.3 Å². The van der Waals surface area contributed by atoms with Crippen LogP contribution < -0.4 is 25.7 Å². The van der Waals surface area contributed by atoms with Gasteiger partial charge in [0.25, 0.3) is 17.7 Å². The summed E-state index contributed by atoms with van der Waals surface area (Å²) in [5.74, 6) is -0.408. The molecule has 0 spiro atoms. The highest BCUT2D eigenvalue weighted by Crippen LogP contribution is 2.16. The van der Waals surface area contributed by atoms with Crippen LogP contribution in [0.5, 0.6) is 5.75 Å². The Kier molecular flexibility index (Phi) is 6.39. The molecule has 0 bridgehead atoms. The molecule has 1 heterocycles. The van der Waals surface area contributed by atoms with Gasteiger partial charge in [0.2, 0.25) is 6.54 Å². The second-order valence-electron chi connectivity index (χ2n) is 6.44. The fourth-order valence-electron chi connectivity index (χ4n) is 2.71. The Bertz CT molecular complexity index is 1060. The molecule has 3 rings (SSSR count). The normalized spacial score (nSPS) is 10.2. The number of aromatic nitrogens is 1. The quantitative estimate of drug-likeness (QED) is 0.521. The standard InChI is InChI=1S/C22H20N4O4/c1-30-19-10-8-18(9-11-19)25-22(29)15-4-6-17(7-5-15)24-20(27)14-26-12-2-3-16(13-26)21(23)28/h2-13H,14H2,1H3,(H3-,23,24,25,27,28,29)/p+1. The predicted octanol–water partition coefficient (Wildman–Crippen LogP) is 1.97. The van der Waals surface area contributed by atoms with Gasteiger partial charge >= 0.3 is 0 Å². The van der Waals surface area contributed by atoms with E-state index in [1.807, 2.05) is 0 Å². The van der Waals surface area contributed by atoms with E-state index in [-0.39, 0.29) is 18.4 Å². The molecule has 3 aromatic rings. The lowest BCUT2D eigenvalue weighted by Gasteiger charge is -2.08. The van der Waals surface area contributed by atoms with Crippen LogP contribution in [0.4, 0.5) is 11.4 Å². The summed E-state index contributed by atoms with van der Waals surface area (Å²) in [4.78, 5) is 35.8. The molecule has 0 saturated heterocycles. The SMILES string of the molecule is COc1ccc(NC(=O)c2ccc(NC(=O)C[n+]3cccc(C(N)=O)c3)cc2)cc1. The van der Waals surface area contributed by atoms with Crippen molar-refractivity contribution >= 4 is 29.1 Å². The van der Waals surface area contributed by atoms with E-state index in [1.165, 1.54) is 6.20 Å². The molecule has 1 aromatic heterocycles. The lowest BCUT2D eigenvalue weighted by Crippen LogP contribution is -2.40. The summed E-state index contributed by atoms with van der Waals surface area (Å²) >= 11 is 0. The van der Waals surface area contributed by atoms with E-state index in [0.29, 0.717) is 28.3 Å². The lowest BCUT2D eigenvalue weighted by molar-refractivity contribution is -0.684. The van der Waals surface area contributed by atoms with Gasteiger partial charge in [0, 0.05) is 23.0 Å².